The highest BCUT2D eigenvalue weighted by Crippen LogP contribution is 2.22. The summed E-state index contributed by atoms with van der Waals surface area (Å²) in [4.78, 5) is 14.0. The summed E-state index contributed by atoms with van der Waals surface area (Å²) in [6.45, 7) is 1.49. The minimum atomic E-state index is -0.866. The maximum atomic E-state index is 10.6. The van der Waals surface area contributed by atoms with Crippen molar-refractivity contribution in [2.75, 3.05) is 0 Å². The minimum absolute atomic E-state index is 0.0501. The molecule has 2 rings (SSSR count). The third kappa shape index (κ3) is 2.28. The topological polar surface area (TPSA) is 102 Å². The normalized spacial score (nSPS) is 12.4. The summed E-state index contributed by atoms with van der Waals surface area (Å²) in [5.74, 6) is 0.288. The van der Waals surface area contributed by atoms with Crippen LogP contribution in [0.1, 0.15) is 18.9 Å². The number of aliphatic hydroxyl groups is 1. The molecule has 1 aromatic carbocycles. The van der Waals surface area contributed by atoms with E-state index < -0.39 is 11.0 Å². The molecule has 7 nitrogen and oxygen atoms in total. The van der Waals surface area contributed by atoms with Crippen molar-refractivity contribution in [3.63, 3.8) is 0 Å². The number of hydrogen-bond donors (Lipinski definition) is 1. The zero-order valence-electron chi connectivity index (χ0n) is 8.90. The average Bonchev–Trinajstić information content (AvgIpc) is 2.78. The van der Waals surface area contributed by atoms with Crippen LogP contribution in [0.3, 0.4) is 0 Å². The fraction of sp³-hybridized carbons (Fsp3) is 0.200. The van der Waals surface area contributed by atoms with Crippen LogP contribution in [0.4, 0.5) is 5.69 Å². The maximum absolute atomic E-state index is 10.6. The minimum Gasteiger partial charge on any atom is -0.384 e. The zero-order valence-corrected chi connectivity index (χ0v) is 8.90. The van der Waals surface area contributed by atoms with Gasteiger partial charge in [0.05, 0.1) is 4.92 Å². The molecule has 1 aromatic heterocycles. The van der Waals surface area contributed by atoms with Gasteiger partial charge in [-0.25, -0.2) is 0 Å². The van der Waals surface area contributed by atoms with Crippen molar-refractivity contribution in [2.45, 2.75) is 13.0 Å². The van der Waals surface area contributed by atoms with Gasteiger partial charge in [0.2, 0.25) is 5.82 Å². The Labute approximate surface area is 95.9 Å². The van der Waals surface area contributed by atoms with Crippen LogP contribution in [-0.2, 0) is 0 Å². The van der Waals surface area contributed by atoms with Gasteiger partial charge in [-0.05, 0) is 6.92 Å². The number of benzene rings is 1. The van der Waals surface area contributed by atoms with Gasteiger partial charge >= 0.3 is 0 Å². The van der Waals surface area contributed by atoms with E-state index in [0.717, 1.165) is 0 Å². The van der Waals surface area contributed by atoms with Crippen molar-refractivity contribution in [2.24, 2.45) is 0 Å². The highest BCUT2D eigenvalue weighted by molar-refractivity contribution is 5.58. The lowest BCUT2D eigenvalue weighted by Gasteiger charge is -1.94. The van der Waals surface area contributed by atoms with Gasteiger partial charge in [0, 0.05) is 17.7 Å². The second-order valence-electron chi connectivity index (χ2n) is 3.44. The molecule has 1 heterocycles. The highest BCUT2D eigenvalue weighted by Gasteiger charge is 2.14. The first-order valence-corrected chi connectivity index (χ1v) is 4.84. The van der Waals surface area contributed by atoms with Gasteiger partial charge in [-0.2, -0.15) is 4.98 Å². The first-order valence-electron chi connectivity index (χ1n) is 4.84. The predicted octanol–water partition coefficient (Wildman–Crippen LogP) is 1.70. The number of aliphatic hydroxyl groups excluding tert-OH is 1. The van der Waals surface area contributed by atoms with E-state index in [1.807, 2.05) is 0 Å². The molecule has 1 N–H and O–H groups in total. The van der Waals surface area contributed by atoms with Gasteiger partial charge < -0.3 is 9.63 Å². The molecular formula is C10H9N3O4. The summed E-state index contributed by atoms with van der Waals surface area (Å²) in [5.41, 5.74) is 0.417. The second-order valence-corrected chi connectivity index (χ2v) is 3.44. The van der Waals surface area contributed by atoms with Gasteiger partial charge in [0.1, 0.15) is 6.10 Å². The Morgan fingerprint density at radius 3 is 2.88 bits per heavy atom. The predicted molar refractivity (Wildman–Crippen MR) is 57.0 cm³/mol. The Balaban J connectivity index is 2.38. The van der Waals surface area contributed by atoms with Crippen molar-refractivity contribution in [1.82, 2.24) is 10.1 Å². The van der Waals surface area contributed by atoms with Crippen LogP contribution in [0.5, 0.6) is 0 Å². The maximum Gasteiger partial charge on any atom is 0.270 e. The molecule has 17 heavy (non-hydrogen) atoms. The Hall–Kier alpha value is -2.28. The van der Waals surface area contributed by atoms with Crippen LogP contribution in [0.25, 0.3) is 11.4 Å². The Morgan fingerprint density at radius 2 is 2.29 bits per heavy atom. The quantitative estimate of drug-likeness (QED) is 0.641. The standard InChI is InChI=1S/C10H9N3O4/c1-6(14)10-11-9(12-17-10)7-3-2-4-8(5-7)13(15)16/h2-6,14H,1H3. The highest BCUT2D eigenvalue weighted by atomic mass is 16.6. The van der Waals surface area contributed by atoms with E-state index in [1.165, 1.54) is 25.1 Å². The molecule has 88 valence electrons. The van der Waals surface area contributed by atoms with E-state index in [1.54, 1.807) is 6.07 Å². The lowest BCUT2D eigenvalue weighted by Crippen LogP contribution is -1.91. The van der Waals surface area contributed by atoms with E-state index in [2.05, 4.69) is 10.1 Å². The molecule has 0 aliphatic rings. The van der Waals surface area contributed by atoms with Crippen molar-refractivity contribution >= 4 is 5.69 Å². The van der Waals surface area contributed by atoms with Crippen LogP contribution in [0.15, 0.2) is 28.8 Å². The summed E-state index contributed by atoms with van der Waals surface area (Å²) in [6.07, 6.45) is -0.866. The monoisotopic (exact) mass is 235 g/mol. The van der Waals surface area contributed by atoms with Crippen LogP contribution < -0.4 is 0 Å². The Morgan fingerprint density at radius 1 is 1.53 bits per heavy atom. The van der Waals surface area contributed by atoms with Crippen LogP contribution in [0.2, 0.25) is 0 Å². The van der Waals surface area contributed by atoms with Crippen LogP contribution in [-0.4, -0.2) is 20.2 Å². The number of hydrogen-bond acceptors (Lipinski definition) is 6. The van der Waals surface area contributed by atoms with Crippen LogP contribution in [0, 0.1) is 10.1 Å². The van der Waals surface area contributed by atoms with Crippen LogP contribution >= 0.6 is 0 Å². The molecule has 0 radical (unpaired) electrons. The summed E-state index contributed by atoms with van der Waals surface area (Å²) in [6, 6.07) is 5.88. The molecule has 0 fully saturated rings. The molecule has 1 unspecified atom stereocenters. The Bertz CT molecular complexity index is 550. The molecule has 0 aliphatic carbocycles. The van der Waals surface area contributed by atoms with E-state index in [4.69, 9.17) is 4.52 Å². The molecule has 0 aliphatic heterocycles. The average molecular weight is 235 g/mol. The second kappa shape index (κ2) is 4.30. The van der Waals surface area contributed by atoms with Gasteiger partial charge in [-0.3, -0.25) is 10.1 Å². The van der Waals surface area contributed by atoms with Crippen molar-refractivity contribution in [3.8, 4) is 11.4 Å². The van der Waals surface area contributed by atoms with Crippen molar-refractivity contribution in [3.05, 3.63) is 40.3 Å². The zero-order chi connectivity index (χ0) is 12.4. The van der Waals surface area contributed by atoms with Gasteiger partial charge in [-0.15, -0.1) is 0 Å². The van der Waals surface area contributed by atoms with Gasteiger partial charge in [0.25, 0.3) is 11.6 Å². The number of non-ortho nitro benzene ring substituents is 1. The van der Waals surface area contributed by atoms with Gasteiger partial charge in [-0.1, -0.05) is 17.3 Å². The molecule has 0 bridgehead atoms. The third-order valence-electron chi connectivity index (χ3n) is 2.11. The first kappa shape index (κ1) is 11.2. The SMILES string of the molecule is CC(O)c1nc(-c2cccc([N+](=O)[O-])c2)no1. The lowest BCUT2D eigenvalue weighted by molar-refractivity contribution is -0.384. The molecule has 2 aromatic rings. The molecular weight excluding hydrogens is 226 g/mol. The summed E-state index contributed by atoms with van der Waals surface area (Å²) < 4.78 is 4.80. The number of nitro benzene ring substituents is 1. The number of rotatable bonds is 3. The smallest absolute Gasteiger partial charge is 0.270 e. The number of nitrogens with zero attached hydrogens (tertiary/aromatic N) is 3. The van der Waals surface area contributed by atoms with Crippen molar-refractivity contribution in [1.29, 1.82) is 0 Å². The fourth-order valence-corrected chi connectivity index (χ4v) is 1.28. The summed E-state index contributed by atoms with van der Waals surface area (Å²) >= 11 is 0. The molecule has 0 amide bonds. The molecule has 7 heteroatoms. The van der Waals surface area contributed by atoms with Gasteiger partial charge in [0.15, 0.2) is 0 Å². The number of aromatic nitrogens is 2. The van der Waals surface area contributed by atoms with E-state index in [0.29, 0.717) is 5.56 Å². The van der Waals surface area contributed by atoms with E-state index >= 15 is 0 Å². The molecule has 0 spiro atoms. The largest absolute Gasteiger partial charge is 0.384 e. The molecule has 0 saturated heterocycles. The summed E-state index contributed by atoms with van der Waals surface area (Å²) in [7, 11) is 0. The number of nitro groups is 1. The van der Waals surface area contributed by atoms with Crippen molar-refractivity contribution < 1.29 is 14.6 Å². The third-order valence-corrected chi connectivity index (χ3v) is 2.11. The lowest BCUT2D eigenvalue weighted by atomic mass is 10.2. The fourth-order valence-electron chi connectivity index (χ4n) is 1.28. The Kier molecular flexibility index (Phi) is 2.84. The summed E-state index contributed by atoms with van der Waals surface area (Å²) in [5, 5.41) is 23.5. The van der Waals surface area contributed by atoms with E-state index in [9.17, 15) is 15.2 Å². The molecule has 1 atom stereocenters. The first-order chi connectivity index (χ1) is 8.08. The molecule has 0 saturated carbocycles. The van der Waals surface area contributed by atoms with E-state index in [-0.39, 0.29) is 17.4 Å².